The lowest BCUT2D eigenvalue weighted by Gasteiger charge is -2.53. The normalized spacial score (nSPS) is 36.5. The third-order valence-electron chi connectivity index (χ3n) is 12.8. The molecule has 0 radical (unpaired) electrons. The summed E-state index contributed by atoms with van der Waals surface area (Å²) >= 11 is 0. The van der Waals surface area contributed by atoms with Crippen molar-refractivity contribution >= 4 is 29.3 Å². The first kappa shape index (κ1) is 28.5. The molecule has 2 heterocycles. The van der Waals surface area contributed by atoms with Gasteiger partial charge in [0.1, 0.15) is 11.5 Å². The number of likely N-dealkylation sites (tertiary alicyclic amines) is 1. The second-order valence-electron chi connectivity index (χ2n) is 16.3. The number of allylic oxidation sites excluding steroid dienone is 2. The Bertz CT molecular complexity index is 1870. The van der Waals surface area contributed by atoms with Crippen LogP contribution in [0.15, 0.2) is 35.9 Å². The Morgan fingerprint density at radius 2 is 1.20 bits per heavy atom. The molecular formula is C37H40N2O6. The van der Waals surface area contributed by atoms with Crippen molar-refractivity contribution in [3.8, 4) is 11.5 Å². The van der Waals surface area contributed by atoms with Gasteiger partial charge in [-0.05, 0) is 83.5 Å². The summed E-state index contributed by atoms with van der Waals surface area (Å²) in [4.78, 5) is 57.8. The van der Waals surface area contributed by atoms with E-state index in [0.717, 1.165) is 50.5 Å². The fourth-order valence-electron chi connectivity index (χ4n) is 11.2. The van der Waals surface area contributed by atoms with Crippen molar-refractivity contribution in [2.45, 2.75) is 77.6 Å². The van der Waals surface area contributed by atoms with Crippen LogP contribution in [0.4, 0.5) is 5.69 Å². The molecular weight excluding hydrogens is 568 g/mol. The largest absolute Gasteiger partial charge is 0.508 e. The van der Waals surface area contributed by atoms with Gasteiger partial charge in [0.15, 0.2) is 0 Å². The predicted octanol–water partition coefficient (Wildman–Crippen LogP) is 4.99. The van der Waals surface area contributed by atoms with E-state index >= 15 is 0 Å². The van der Waals surface area contributed by atoms with E-state index in [4.69, 9.17) is 0 Å². The Kier molecular flexibility index (Phi) is 5.11. The van der Waals surface area contributed by atoms with Gasteiger partial charge in [0.2, 0.25) is 23.6 Å². The number of anilines is 1. The molecule has 2 saturated heterocycles. The van der Waals surface area contributed by atoms with Gasteiger partial charge in [-0.15, -0.1) is 0 Å². The lowest BCUT2D eigenvalue weighted by atomic mass is 9.46. The van der Waals surface area contributed by atoms with E-state index < -0.39 is 52.2 Å². The number of fused-ring (bicyclic) bond motifs is 4. The van der Waals surface area contributed by atoms with E-state index in [-0.39, 0.29) is 39.8 Å². The zero-order valence-electron chi connectivity index (χ0n) is 27.1. The lowest BCUT2D eigenvalue weighted by molar-refractivity contribution is -0.146. The zero-order valence-corrected chi connectivity index (χ0v) is 27.1. The number of hydrogen-bond donors (Lipinski definition) is 2. The number of aromatic hydroxyl groups is 2. The minimum atomic E-state index is -0.998. The molecule has 4 amide bonds. The van der Waals surface area contributed by atoms with E-state index in [1.165, 1.54) is 12.6 Å². The van der Waals surface area contributed by atoms with Crippen molar-refractivity contribution in [3.05, 3.63) is 63.7 Å². The summed E-state index contributed by atoms with van der Waals surface area (Å²) in [6.45, 7) is 14.4. The van der Waals surface area contributed by atoms with Crippen LogP contribution in [-0.2, 0) is 35.4 Å². The van der Waals surface area contributed by atoms with Gasteiger partial charge in [-0.3, -0.25) is 24.1 Å². The van der Waals surface area contributed by atoms with Crippen LogP contribution in [0.2, 0.25) is 0 Å². The van der Waals surface area contributed by atoms with E-state index in [9.17, 15) is 29.4 Å². The van der Waals surface area contributed by atoms with Crippen molar-refractivity contribution in [1.82, 2.24) is 4.90 Å². The van der Waals surface area contributed by atoms with E-state index in [1.807, 2.05) is 39.0 Å². The van der Waals surface area contributed by atoms with E-state index in [0.29, 0.717) is 0 Å². The molecule has 2 bridgehead atoms. The molecule has 7 unspecified atom stereocenters. The number of aryl methyl sites for hydroxylation is 1. The van der Waals surface area contributed by atoms with Crippen LogP contribution in [0.25, 0.3) is 0 Å². The SMILES string of the molecule is CC1=CC2(C)C3C(=O)N(C)C(=O)C3C1C1C(=O)N(c3cc4c(cc3O)C3(CC(C)(C)c5cc(C)c(O)cc53)CC4(C)C)C(=O)C12. The third kappa shape index (κ3) is 3.09. The first-order valence-electron chi connectivity index (χ1n) is 16.0. The van der Waals surface area contributed by atoms with Crippen LogP contribution >= 0.6 is 0 Å². The van der Waals surface area contributed by atoms with Gasteiger partial charge in [-0.1, -0.05) is 52.3 Å². The summed E-state index contributed by atoms with van der Waals surface area (Å²) in [7, 11) is 1.48. The van der Waals surface area contributed by atoms with Gasteiger partial charge in [0, 0.05) is 23.8 Å². The fourth-order valence-corrected chi connectivity index (χ4v) is 11.2. The second-order valence-corrected chi connectivity index (χ2v) is 16.3. The number of imide groups is 2. The molecule has 2 aromatic carbocycles. The number of rotatable bonds is 1. The number of hydrogen-bond acceptors (Lipinski definition) is 6. The molecule has 8 heteroatoms. The first-order chi connectivity index (χ1) is 20.9. The molecule has 2 N–H and O–H groups in total. The maximum atomic E-state index is 14.4. The number of nitrogens with zero attached hydrogens (tertiary/aromatic N) is 2. The highest BCUT2D eigenvalue weighted by atomic mass is 16.3. The molecule has 234 valence electrons. The van der Waals surface area contributed by atoms with Gasteiger partial charge >= 0.3 is 0 Å². The number of phenols is 2. The first-order valence-corrected chi connectivity index (χ1v) is 16.0. The van der Waals surface area contributed by atoms with Crippen molar-refractivity contribution in [1.29, 1.82) is 0 Å². The third-order valence-corrected chi connectivity index (χ3v) is 12.8. The summed E-state index contributed by atoms with van der Waals surface area (Å²) < 4.78 is 0. The van der Waals surface area contributed by atoms with E-state index in [2.05, 4.69) is 33.8 Å². The maximum Gasteiger partial charge on any atom is 0.238 e. The minimum Gasteiger partial charge on any atom is -0.508 e. The number of benzene rings is 2. The second kappa shape index (κ2) is 8.06. The van der Waals surface area contributed by atoms with Crippen LogP contribution < -0.4 is 4.90 Å². The van der Waals surface area contributed by atoms with Gasteiger partial charge in [0.05, 0.1) is 29.4 Å². The molecule has 5 aliphatic carbocycles. The van der Waals surface area contributed by atoms with Crippen LogP contribution in [0, 0.1) is 41.9 Å². The topological polar surface area (TPSA) is 115 Å². The van der Waals surface area contributed by atoms with Crippen LogP contribution in [0.5, 0.6) is 11.5 Å². The molecule has 2 aromatic rings. The van der Waals surface area contributed by atoms with Gasteiger partial charge in [-0.25, -0.2) is 4.90 Å². The van der Waals surface area contributed by atoms with Crippen LogP contribution in [-0.4, -0.2) is 45.8 Å². The van der Waals surface area contributed by atoms with Crippen molar-refractivity contribution in [2.24, 2.45) is 35.0 Å². The Morgan fingerprint density at radius 1 is 0.667 bits per heavy atom. The number of carbonyl (C=O) groups is 4. The summed E-state index contributed by atoms with van der Waals surface area (Å²) in [6, 6.07) is 7.52. The smallest absolute Gasteiger partial charge is 0.238 e. The highest BCUT2D eigenvalue weighted by Gasteiger charge is 2.74. The molecule has 8 nitrogen and oxygen atoms in total. The Balaban J connectivity index is 1.27. The van der Waals surface area contributed by atoms with Gasteiger partial charge < -0.3 is 10.2 Å². The summed E-state index contributed by atoms with van der Waals surface area (Å²) in [5.41, 5.74) is 4.03. The van der Waals surface area contributed by atoms with Crippen LogP contribution in [0.1, 0.15) is 82.2 Å². The molecule has 9 rings (SSSR count). The number of amides is 4. The van der Waals surface area contributed by atoms with Gasteiger partial charge in [0.25, 0.3) is 0 Å². The number of carbonyl (C=O) groups excluding carboxylic acids is 4. The molecule has 7 atom stereocenters. The van der Waals surface area contributed by atoms with Crippen molar-refractivity contribution < 1.29 is 29.4 Å². The molecule has 7 aliphatic rings. The average molecular weight is 609 g/mol. The summed E-state index contributed by atoms with van der Waals surface area (Å²) in [5, 5.41) is 22.5. The predicted molar refractivity (Wildman–Crippen MR) is 167 cm³/mol. The highest BCUT2D eigenvalue weighted by molar-refractivity contribution is 6.24. The Hall–Kier alpha value is -3.94. The maximum absolute atomic E-state index is 14.4. The Labute approximate surface area is 263 Å². The summed E-state index contributed by atoms with van der Waals surface area (Å²) in [5.74, 6) is -4.84. The van der Waals surface area contributed by atoms with Crippen LogP contribution in [0.3, 0.4) is 0 Å². The molecule has 2 aliphatic heterocycles. The fraction of sp³-hybridized carbons (Fsp3) is 0.514. The monoisotopic (exact) mass is 608 g/mol. The summed E-state index contributed by atoms with van der Waals surface area (Å²) in [6.07, 6.45) is 3.49. The molecule has 1 saturated carbocycles. The van der Waals surface area contributed by atoms with Gasteiger partial charge in [-0.2, -0.15) is 0 Å². The molecule has 45 heavy (non-hydrogen) atoms. The lowest BCUT2D eigenvalue weighted by Crippen LogP contribution is -2.57. The standard InChI is InChI=1S/C37H40N2O6/c1-16-9-18-20(11-23(16)40)37(14-34(18,3)4)15-35(5,6)19-10-22(24(41)12-21(19)37)39-31(43)27-25-17(2)13-36(7,29(27)33(39)45)28-26(25)30(42)38(8)32(28)44/h9-13,25-29,40-41H,14-15H2,1-8H3. The molecule has 3 fully saturated rings. The molecule has 0 aromatic heterocycles. The highest BCUT2D eigenvalue weighted by Crippen LogP contribution is 2.67. The van der Waals surface area contributed by atoms with Crippen molar-refractivity contribution in [3.63, 3.8) is 0 Å². The molecule has 1 spiro atoms. The zero-order chi connectivity index (χ0) is 32.5. The van der Waals surface area contributed by atoms with Crippen molar-refractivity contribution in [2.75, 3.05) is 11.9 Å². The number of phenolic OH excluding ortho intramolecular Hbond substituents is 2. The quantitative estimate of drug-likeness (QED) is 0.348. The average Bonchev–Trinajstić information content (AvgIpc) is 3.50. The minimum absolute atomic E-state index is 0.150. The van der Waals surface area contributed by atoms with E-state index in [1.54, 1.807) is 6.07 Å². The Morgan fingerprint density at radius 3 is 1.82 bits per heavy atom.